The molecule has 0 bridgehead atoms. The van der Waals surface area contributed by atoms with E-state index in [-0.39, 0.29) is 21.0 Å². The largest absolute Gasteiger partial charge is 0.404 e. The average Bonchev–Trinajstić information content (AvgIpc) is 3.33. The van der Waals surface area contributed by atoms with Crippen molar-refractivity contribution in [3.05, 3.63) is 57.6 Å². The zero-order valence-electron chi connectivity index (χ0n) is 18.2. The average molecular weight is 510 g/mol. The molecule has 0 spiro atoms. The molecule has 0 saturated carbocycles. The fourth-order valence-electron chi connectivity index (χ4n) is 3.40. The van der Waals surface area contributed by atoms with Crippen molar-refractivity contribution in [3.8, 4) is 11.9 Å². The Morgan fingerprint density at radius 3 is 2.58 bits per heavy atom. The Morgan fingerprint density at radius 2 is 1.88 bits per heavy atom. The van der Waals surface area contributed by atoms with Crippen LogP contribution in [0.2, 0.25) is 10.0 Å². The van der Waals surface area contributed by atoms with Crippen LogP contribution in [-0.4, -0.2) is 37.8 Å². The van der Waals surface area contributed by atoms with Crippen LogP contribution in [0, 0.1) is 13.8 Å². The Morgan fingerprint density at radius 1 is 1.12 bits per heavy atom. The van der Waals surface area contributed by atoms with E-state index in [2.05, 4.69) is 25.0 Å². The summed E-state index contributed by atoms with van der Waals surface area (Å²) in [7, 11) is -3.89. The molecule has 0 radical (unpaired) electrons. The van der Waals surface area contributed by atoms with Gasteiger partial charge in [-0.05, 0) is 52.0 Å². The molecule has 4 aromatic rings. The minimum absolute atomic E-state index is 0.00866. The first-order chi connectivity index (χ1) is 15.6. The third-order valence-corrected chi connectivity index (χ3v) is 7.17. The van der Waals surface area contributed by atoms with Crippen LogP contribution in [0.1, 0.15) is 37.1 Å². The molecule has 0 amide bonds. The number of hydrogen-bond donors (Lipinski definition) is 1. The van der Waals surface area contributed by atoms with E-state index in [1.165, 1.54) is 18.2 Å². The Labute approximate surface area is 200 Å². The van der Waals surface area contributed by atoms with Crippen LogP contribution >= 0.6 is 23.2 Å². The van der Waals surface area contributed by atoms with Crippen LogP contribution in [0.3, 0.4) is 0 Å². The molecule has 3 aromatic heterocycles. The summed E-state index contributed by atoms with van der Waals surface area (Å²) in [6.45, 7) is 7.81. The van der Waals surface area contributed by atoms with Crippen molar-refractivity contribution in [1.82, 2.24) is 34.1 Å². The monoisotopic (exact) mass is 509 g/mol. The molecule has 0 aliphatic heterocycles. The first-order valence-electron chi connectivity index (χ1n) is 10.0. The molecule has 0 saturated heterocycles. The van der Waals surface area contributed by atoms with E-state index < -0.39 is 16.1 Å². The first-order valence-corrected chi connectivity index (χ1v) is 12.3. The van der Waals surface area contributed by atoms with E-state index in [0.717, 1.165) is 11.4 Å². The molecule has 1 N–H and O–H groups in total. The van der Waals surface area contributed by atoms with Gasteiger partial charge >= 0.3 is 6.01 Å². The summed E-state index contributed by atoms with van der Waals surface area (Å²) in [5.41, 5.74) is 2.43. The summed E-state index contributed by atoms with van der Waals surface area (Å²) in [5, 5.41) is 13.1. The molecule has 3 heterocycles. The van der Waals surface area contributed by atoms with Crippen LogP contribution in [0.15, 0.2) is 35.2 Å². The highest BCUT2D eigenvalue weighted by Gasteiger charge is 2.25. The van der Waals surface area contributed by atoms with E-state index in [9.17, 15) is 8.42 Å². The minimum atomic E-state index is -3.89. The molecule has 0 aliphatic rings. The Kier molecular flexibility index (Phi) is 6.32. The predicted octanol–water partition coefficient (Wildman–Crippen LogP) is 4.10. The third-order valence-electron chi connectivity index (χ3n) is 4.89. The lowest BCUT2D eigenvalue weighted by atomic mass is 10.3. The highest BCUT2D eigenvalue weighted by Crippen LogP contribution is 2.27. The SMILES string of the molecule is CCn1c(Oc2cc3nc(C)cc(C)n3n2)nnc1[C@@H](C)NS(=O)(=O)c1ccc(Cl)c(Cl)c1. The molecule has 0 aliphatic carbocycles. The predicted molar refractivity (Wildman–Crippen MR) is 123 cm³/mol. The lowest BCUT2D eigenvalue weighted by molar-refractivity contribution is 0.392. The molecule has 4 rings (SSSR count). The first kappa shape index (κ1) is 23.4. The van der Waals surface area contributed by atoms with Gasteiger partial charge in [-0.15, -0.1) is 10.2 Å². The number of halogens is 2. The molecule has 10 nitrogen and oxygen atoms in total. The van der Waals surface area contributed by atoms with Crippen molar-refractivity contribution in [2.24, 2.45) is 0 Å². The number of fused-ring (bicyclic) bond motifs is 1. The fraction of sp³-hybridized carbons (Fsp3) is 0.300. The maximum Gasteiger partial charge on any atom is 0.323 e. The van der Waals surface area contributed by atoms with Crippen molar-refractivity contribution in [3.63, 3.8) is 0 Å². The number of nitrogens with one attached hydrogen (secondary N) is 1. The van der Waals surface area contributed by atoms with E-state index in [1.807, 2.05) is 26.8 Å². The standard InChI is InChI=1S/C20H21Cl2N7O3S/c1-5-28-19(13(4)27-33(30,31)14-6-7-15(21)16(22)9-14)24-25-20(28)32-18-10-17-23-11(2)8-12(3)29(17)26-18/h6-10,13,27H,5H2,1-4H3/t13-/m1/s1. The number of hydrogen-bond acceptors (Lipinski definition) is 7. The Bertz CT molecular complexity index is 1450. The van der Waals surface area contributed by atoms with Crippen LogP contribution in [-0.2, 0) is 16.6 Å². The summed E-state index contributed by atoms with van der Waals surface area (Å²) >= 11 is 11.9. The van der Waals surface area contributed by atoms with Gasteiger partial charge in [0.15, 0.2) is 11.5 Å². The maximum absolute atomic E-state index is 12.8. The molecular formula is C20H21Cl2N7O3S. The summed E-state index contributed by atoms with van der Waals surface area (Å²) in [6, 6.07) is 7.19. The van der Waals surface area contributed by atoms with E-state index >= 15 is 0 Å². The second-order valence-corrected chi connectivity index (χ2v) is 9.93. The van der Waals surface area contributed by atoms with Crippen molar-refractivity contribution in [1.29, 1.82) is 0 Å². The van der Waals surface area contributed by atoms with Crippen LogP contribution in [0.5, 0.6) is 11.9 Å². The van der Waals surface area contributed by atoms with Gasteiger partial charge in [0, 0.05) is 24.0 Å². The van der Waals surface area contributed by atoms with E-state index in [1.54, 1.807) is 22.1 Å². The topological polar surface area (TPSA) is 116 Å². The van der Waals surface area contributed by atoms with Gasteiger partial charge in [-0.1, -0.05) is 28.3 Å². The van der Waals surface area contributed by atoms with Crippen molar-refractivity contribution < 1.29 is 13.2 Å². The second-order valence-electron chi connectivity index (χ2n) is 7.40. The summed E-state index contributed by atoms with van der Waals surface area (Å²) in [6.07, 6.45) is 0. The number of rotatable bonds is 7. The zero-order chi connectivity index (χ0) is 23.9. The Hall–Kier alpha value is -2.73. The fourth-order valence-corrected chi connectivity index (χ4v) is 4.99. The molecule has 0 fully saturated rings. The number of sulfonamides is 1. The number of nitrogens with zero attached hydrogens (tertiary/aromatic N) is 6. The summed E-state index contributed by atoms with van der Waals surface area (Å²) < 4.78 is 37.4. The molecule has 0 unspecified atom stereocenters. The van der Waals surface area contributed by atoms with E-state index in [0.29, 0.717) is 23.9 Å². The molecule has 33 heavy (non-hydrogen) atoms. The van der Waals surface area contributed by atoms with Crippen LogP contribution < -0.4 is 9.46 Å². The highest BCUT2D eigenvalue weighted by molar-refractivity contribution is 7.89. The van der Waals surface area contributed by atoms with Crippen molar-refractivity contribution in [2.45, 2.75) is 45.2 Å². The lowest BCUT2D eigenvalue weighted by Crippen LogP contribution is -2.29. The molecule has 13 heteroatoms. The molecular weight excluding hydrogens is 489 g/mol. The number of aryl methyl sites for hydroxylation is 2. The van der Waals surface area contributed by atoms with Crippen molar-refractivity contribution in [2.75, 3.05) is 0 Å². The molecule has 174 valence electrons. The highest BCUT2D eigenvalue weighted by atomic mass is 35.5. The minimum Gasteiger partial charge on any atom is -0.404 e. The van der Waals surface area contributed by atoms with Gasteiger partial charge in [0.1, 0.15) is 0 Å². The second kappa shape index (κ2) is 8.90. The number of aromatic nitrogens is 6. The van der Waals surface area contributed by atoms with Gasteiger partial charge in [0.05, 0.1) is 21.0 Å². The molecule has 1 atom stereocenters. The van der Waals surface area contributed by atoms with Gasteiger partial charge in [-0.3, -0.25) is 4.57 Å². The normalized spacial score (nSPS) is 12.9. The van der Waals surface area contributed by atoms with Crippen LogP contribution in [0.4, 0.5) is 0 Å². The van der Waals surface area contributed by atoms with Gasteiger partial charge in [0.2, 0.25) is 15.9 Å². The quantitative estimate of drug-likeness (QED) is 0.398. The van der Waals surface area contributed by atoms with Crippen molar-refractivity contribution >= 4 is 38.9 Å². The van der Waals surface area contributed by atoms with Gasteiger partial charge < -0.3 is 4.74 Å². The van der Waals surface area contributed by atoms with Gasteiger partial charge in [0.25, 0.3) is 0 Å². The van der Waals surface area contributed by atoms with Gasteiger partial charge in [-0.25, -0.2) is 22.6 Å². The third kappa shape index (κ3) is 4.67. The maximum atomic E-state index is 12.8. The van der Waals surface area contributed by atoms with Gasteiger partial charge in [-0.2, -0.15) is 0 Å². The van der Waals surface area contributed by atoms with Crippen LogP contribution in [0.25, 0.3) is 5.65 Å². The molecule has 1 aromatic carbocycles. The number of ether oxygens (including phenoxy) is 1. The van der Waals surface area contributed by atoms with E-state index in [4.69, 9.17) is 27.9 Å². The summed E-state index contributed by atoms with van der Waals surface area (Å²) in [4.78, 5) is 4.43. The number of benzene rings is 1. The smallest absolute Gasteiger partial charge is 0.323 e. The Balaban J connectivity index is 1.59. The summed E-state index contributed by atoms with van der Waals surface area (Å²) in [5.74, 6) is 0.680. The lowest BCUT2D eigenvalue weighted by Gasteiger charge is -2.15. The zero-order valence-corrected chi connectivity index (χ0v) is 20.6.